The van der Waals surface area contributed by atoms with Crippen LogP contribution in [0.15, 0.2) is 6.20 Å². The second-order valence-corrected chi connectivity index (χ2v) is 5.71. The van der Waals surface area contributed by atoms with E-state index in [0.29, 0.717) is 12.0 Å². The third-order valence-electron chi connectivity index (χ3n) is 4.37. The van der Waals surface area contributed by atoms with E-state index in [4.69, 9.17) is 11.6 Å². The Hall–Kier alpha value is -0.540. The summed E-state index contributed by atoms with van der Waals surface area (Å²) >= 11 is 6.32. The second-order valence-electron chi connectivity index (χ2n) is 5.31. The molecule has 1 fully saturated rings. The summed E-state index contributed by atoms with van der Waals surface area (Å²) in [5.74, 6) is 1.59. The molecule has 0 saturated heterocycles. The van der Waals surface area contributed by atoms with Crippen molar-refractivity contribution in [2.75, 3.05) is 7.05 Å². The van der Waals surface area contributed by atoms with Crippen LogP contribution in [-0.2, 0) is 6.54 Å². The second kappa shape index (κ2) is 6.07. The van der Waals surface area contributed by atoms with Gasteiger partial charge in [0.2, 0.25) is 0 Å². The smallest absolute Gasteiger partial charge is 0.0834 e. The number of halogens is 1. The first-order valence-corrected chi connectivity index (χ1v) is 7.47. The monoisotopic (exact) mass is 269 g/mol. The lowest BCUT2D eigenvalue weighted by Crippen LogP contribution is -2.27. The number of hydrogen-bond acceptors (Lipinski definition) is 2. The Balaban J connectivity index is 2.20. The Bertz CT molecular complexity index is 388. The quantitative estimate of drug-likeness (QED) is 0.884. The zero-order valence-corrected chi connectivity index (χ0v) is 12.4. The van der Waals surface area contributed by atoms with Gasteiger partial charge < -0.3 is 5.32 Å². The average Bonchev–Trinajstić information content (AvgIpc) is 2.99. The van der Waals surface area contributed by atoms with Crippen molar-refractivity contribution in [2.24, 2.45) is 11.8 Å². The van der Waals surface area contributed by atoms with Gasteiger partial charge in [0, 0.05) is 6.54 Å². The van der Waals surface area contributed by atoms with Crippen molar-refractivity contribution in [1.82, 2.24) is 15.1 Å². The van der Waals surface area contributed by atoms with Crippen molar-refractivity contribution in [2.45, 2.75) is 52.1 Å². The van der Waals surface area contributed by atoms with Gasteiger partial charge in [-0.1, -0.05) is 31.4 Å². The number of nitrogens with one attached hydrogen (secondary N) is 1. The number of rotatable bonds is 5. The number of nitrogens with zero attached hydrogens (tertiary/aromatic N) is 2. The van der Waals surface area contributed by atoms with E-state index in [9.17, 15) is 0 Å². The van der Waals surface area contributed by atoms with E-state index in [0.717, 1.165) is 17.5 Å². The summed E-state index contributed by atoms with van der Waals surface area (Å²) in [6.45, 7) is 5.29. The van der Waals surface area contributed by atoms with Crippen LogP contribution in [0.5, 0.6) is 0 Å². The van der Waals surface area contributed by atoms with Crippen molar-refractivity contribution >= 4 is 11.6 Å². The number of hydrogen-bond donors (Lipinski definition) is 1. The minimum Gasteiger partial charge on any atom is -0.311 e. The molecule has 0 aromatic carbocycles. The maximum absolute atomic E-state index is 6.32. The lowest BCUT2D eigenvalue weighted by molar-refractivity contribution is 0.352. The van der Waals surface area contributed by atoms with E-state index in [1.54, 1.807) is 6.20 Å². The highest BCUT2D eigenvalue weighted by Gasteiger charge is 2.32. The van der Waals surface area contributed by atoms with Crippen LogP contribution < -0.4 is 5.32 Å². The molecule has 3 unspecified atom stereocenters. The highest BCUT2D eigenvalue weighted by Crippen LogP contribution is 2.41. The van der Waals surface area contributed by atoms with Gasteiger partial charge in [-0.3, -0.25) is 4.68 Å². The first kappa shape index (κ1) is 13.9. The van der Waals surface area contributed by atoms with Gasteiger partial charge in [0.05, 0.1) is 23.0 Å². The highest BCUT2D eigenvalue weighted by molar-refractivity contribution is 6.31. The fraction of sp³-hybridized carbons (Fsp3) is 0.786. The summed E-state index contributed by atoms with van der Waals surface area (Å²) in [5.41, 5.74) is 1.17. The molecule has 0 amide bonds. The van der Waals surface area contributed by atoms with Gasteiger partial charge in [0.1, 0.15) is 0 Å². The Morgan fingerprint density at radius 3 is 2.83 bits per heavy atom. The molecule has 102 valence electrons. The third kappa shape index (κ3) is 2.57. The lowest BCUT2D eigenvalue weighted by Gasteiger charge is -2.24. The Labute approximate surface area is 115 Å². The van der Waals surface area contributed by atoms with Crippen LogP contribution in [0.1, 0.15) is 51.3 Å². The maximum atomic E-state index is 6.32. The van der Waals surface area contributed by atoms with Gasteiger partial charge in [-0.15, -0.1) is 0 Å². The molecule has 1 saturated carbocycles. The van der Waals surface area contributed by atoms with Crippen molar-refractivity contribution in [1.29, 1.82) is 0 Å². The summed E-state index contributed by atoms with van der Waals surface area (Å²) in [7, 11) is 2.03. The first-order chi connectivity index (χ1) is 8.71. The SMILES string of the molecule is CCC1CCC(C(NC)c2c(Cl)cnn2CC)C1. The van der Waals surface area contributed by atoms with Crippen LogP contribution in [0.3, 0.4) is 0 Å². The van der Waals surface area contributed by atoms with Crippen LogP contribution in [0, 0.1) is 11.8 Å². The molecule has 2 rings (SSSR count). The standard InChI is InChI=1S/C14H24ClN3/c1-4-10-6-7-11(8-10)13(16-3)14-12(15)9-17-18(14)5-2/h9-11,13,16H,4-8H2,1-3H3. The molecule has 0 aliphatic heterocycles. The van der Waals surface area contributed by atoms with Crippen molar-refractivity contribution in [3.63, 3.8) is 0 Å². The number of aryl methyl sites for hydroxylation is 1. The summed E-state index contributed by atoms with van der Waals surface area (Å²) < 4.78 is 2.03. The molecule has 1 aliphatic carbocycles. The van der Waals surface area contributed by atoms with Gasteiger partial charge in [0.15, 0.2) is 0 Å². The molecule has 1 heterocycles. The predicted octanol–water partition coefficient (Wildman–Crippen LogP) is 3.64. The van der Waals surface area contributed by atoms with Gasteiger partial charge in [-0.05, 0) is 38.6 Å². The maximum Gasteiger partial charge on any atom is 0.0834 e. The van der Waals surface area contributed by atoms with Crippen LogP contribution >= 0.6 is 11.6 Å². The molecule has 0 spiro atoms. The van der Waals surface area contributed by atoms with E-state index in [2.05, 4.69) is 24.3 Å². The molecule has 18 heavy (non-hydrogen) atoms. The largest absolute Gasteiger partial charge is 0.311 e. The third-order valence-corrected chi connectivity index (χ3v) is 4.66. The van der Waals surface area contributed by atoms with E-state index < -0.39 is 0 Å². The molecule has 4 heteroatoms. The Morgan fingerprint density at radius 2 is 2.28 bits per heavy atom. The van der Waals surface area contributed by atoms with Crippen LogP contribution in [0.2, 0.25) is 5.02 Å². The fourth-order valence-electron chi connectivity index (χ4n) is 3.32. The summed E-state index contributed by atoms with van der Waals surface area (Å²) in [6.07, 6.45) is 7.05. The van der Waals surface area contributed by atoms with E-state index >= 15 is 0 Å². The van der Waals surface area contributed by atoms with E-state index in [1.165, 1.54) is 31.4 Å². The molecular weight excluding hydrogens is 246 g/mol. The molecular formula is C14H24ClN3. The average molecular weight is 270 g/mol. The first-order valence-electron chi connectivity index (χ1n) is 7.09. The van der Waals surface area contributed by atoms with E-state index in [1.807, 2.05) is 11.7 Å². The van der Waals surface area contributed by atoms with Crippen molar-refractivity contribution in [3.05, 3.63) is 16.9 Å². The molecule has 1 aromatic heterocycles. The molecule has 3 nitrogen and oxygen atoms in total. The summed E-state index contributed by atoms with van der Waals surface area (Å²) in [6, 6.07) is 0.344. The van der Waals surface area contributed by atoms with Crippen LogP contribution in [0.4, 0.5) is 0 Å². The topological polar surface area (TPSA) is 29.9 Å². The molecule has 0 radical (unpaired) electrons. The van der Waals surface area contributed by atoms with Gasteiger partial charge in [-0.2, -0.15) is 5.10 Å². The zero-order valence-electron chi connectivity index (χ0n) is 11.6. The molecule has 1 aliphatic rings. The van der Waals surface area contributed by atoms with Crippen LogP contribution in [-0.4, -0.2) is 16.8 Å². The lowest BCUT2D eigenvalue weighted by atomic mass is 9.93. The predicted molar refractivity (Wildman–Crippen MR) is 75.8 cm³/mol. The highest BCUT2D eigenvalue weighted by atomic mass is 35.5. The fourth-order valence-corrected chi connectivity index (χ4v) is 3.57. The molecule has 1 aromatic rings. The minimum atomic E-state index is 0.344. The molecule has 3 atom stereocenters. The molecule has 1 N–H and O–H groups in total. The van der Waals surface area contributed by atoms with E-state index in [-0.39, 0.29) is 0 Å². The summed E-state index contributed by atoms with van der Waals surface area (Å²) in [4.78, 5) is 0. The Morgan fingerprint density at radius 1 is 1.50 bits per heavy atom. The number of aromatic nitrogens is 2. The normalized spacial score (nSPS) is 25.6. The zero-order chi connectivity index (χ0) is 13.1. The van der Waals surface area contributed by atoms with Gasteiger partial charge in [0.25, 0.3) is 0 Å². The summed E-state index contributed by atoms with van der Waals surface area (Å²) in [5, 5.41) is 8.62. The van der Waals surface area contributed by atoms with Crippen LogP contribution in [0.25, 0.3) is 0 Å². The van der Waals surface area contributed by atoms with Gasteiger partial charge >= 0.3 is 0 Å². The van der Waals surface area contributed by atoms with Gasteiger partial charge in [-0.25, -0.2) is 0 Å². The van der Waals surface area contributed by atoms with Crippen molar-refractivity contribution < 1.29 is 0 Å². The minimum absolute atomic E-state index is 0.344. The molecule has 0 bridgehead atoms. The Kier molecular flexibility index (Phi) is 4.68. The van der Waals surface area contributed by atoms with Crippen molar-refractivity contribution in [3.8, 4) is 0 Å².